The second-order valence-corrected chi connectivity index (χ2v) is 4.80. The van der Waals surface area contributed by atoms with E-state index in [-0.39, 0.29) is 0 Å². The Morgan fingerprint density at radius 2 is 2.12 bits per heavy atom. The van der Waals surface area contributed by atoms with Gasteiger partial charge in [0.15, 0.2) is 0 Å². The largest absolute Gasteiger partial charge is 0.373 e. The lowest BCUT2D eigenvalue weighted by molar-refractivity contribution is 0.834. The van der Waals surface area contributed by atoms with Crippen LogP contribution in [0, 0.1) is 0 Å². The number of hydrogen-bond acceptors (Lipinski definition) is 2. The number of hydrogen-bond donors (Lipinski definition) is 1. The second kappa shape index (κ2) is 5.37. The van der Waals surface area contributed by atoms with Crippen molar-refractivity contribution in [3.8, 4) is 0 Å². The first-order chi connectivity index (χ1) is 8.20. The topological polar surface area (TPSA) is 24.9 Å². The molecule has 0 aliphatic heterocycles. The third-order valence-corrected chi connectivity index (χ3v) is 3.37. The first-order valence-corrected chi connectivity index (χ1v) is 6.28. The third-order valence-electron chi connectivity index (χ3n) is 2.98. The first kappa shape index (κ1) is 12.2. The molecule has 1 N–H and O–H groups in total. The van der Waals surface area contributed by atoms with E-state index in [2.05, 4.69) is 29.4 Å². The Bertz CT molecular complexity index is 458. The maximum atomic E-state index is 6.35. The predicted octanol–water partition coefficient (Wildman–Crippen LogP) is 4.20. The van der Waals surface area contributed by atoms with E-state index in [0.717, 1.165) is 41.2 Å². The Labute approximate surface area is 107 Å². The second-order valence-electron chi connectivity index (χ2n) is 4.34. The maximum absolute atomic E-state index is 6.35. The van der Waals surface area contributed by atoms with E-state index in [1.54, 1.807) is 0 Å². The molecule has 1 aromatic heterocycles. The molecule has 1 heterocycles. The minimum atomic E-state index is 0.875. The van der Waals surface area contributed by atoms with Gasteiger partial charge in [0.1, 0.15) is 5.82 Å². The fraction of sp³-hybridized carbons (Fsp3) is 0.357. The number of halogens is 1. The van der Waals surface area contributed by atoms with E-state index in [4.69, 9.17) is 11.6 Å². The van der Waals surface area contributed by atoms with Crippen LogP contribution in [0.15, 0.2) is 35.0 Å². The van der Waals surface area contributed by atoms with E-state index in [1.165, 1.54) is 5.57 Å². The normalized spacial score (nSPS) is 16.5. The summed E-state index contributed by atoms with van der Waals surface area (Å²) in [5.41, 5.74) is 3.60. The number of anilines is 1. The number of nitrogens with one attached hydrogen (secondary N) is 1. The highest BCUT2D eigenvalue weighted by Gasteiger charge is 2.10. The van der Waals surface area contributed by atoms with Crippen LogP contribution in [0.1, 0.15) is 31.7 Å². The molecule has 0 aromatic carbocycles. The molecule has 0 spiro atoms. The molecule has 1 aliphatic carbocycles. The van der Waals surface area contributed by atoms with E-state index in [1.807, 2.05) is 19.3 Å². The molecule has 0 radical (unpaired) electrons. The van der Waals surface area contributed by atoms with Crippen molar-refractivity contribution >= 4 is 23.0 Å². The first-order valence-electron chi connectivity index (χ1n) is 5.90. The van der Waals surface area contributed by atoms with Crippen LogP contribution in [0.25, 0.3) is 5.57 Å². The average Bonchev–Trinajstić information content (AvgIpc) is 2.51. The Morgan fingerprint density at radius 3 is 2.76 bits per heavy atom. The van der Waals surface area contributed by atoms with Crippen molar-refractivity contribution < 1.29 is 0 Å². The van der Waals surface area contributed by atoms with Crippen molar-refractivity contribution in [2.45, 2.75) is 26.2 Å². The number of rotatable bonds is 2. The molecule has 0 amide bonds. The highest BCUT2D eigenvalue weighted by molar-refractivity contribution is 6.33. The smallest absolute Gasteiger partial charge is 0.125 e. The van der Waals surface area contributed by atoms with Crippen LogP contribution in [-0.2, 0) is 0 Å². The Morgan fingerprint density at radius 1 is 1.29 bits per heavy atom. The minimum Gasteiger partial charge on any atom is -0.373 e. The van der Waals surface area contributed by atoms with Crippen LogP contribution in [0.2, 0.25) is 0 Å². The van der Waals surface area contributed by atoms with Crippen molar-refractivity contribution in [3.05, 3.63) is 40.6 Å². The van der Waals surface area contributed by atoms with E-state index in [0.29, 0.717) is 0 Å². The summed E-state index contributed by atoms with van der Waals surface area (Å²) in [6.45, 7) is 2.16. The number of aromatic nitrogens is 1. The molecule has 0 saturated carbocycles. The summed E-state index contributed by atoms with van der Waals surface area (Å²) in [6.07, 6.45) is 7.27. The molecule has 1 aromatic rings. The van der Waals surface area contributed by atoms with Gasteiger partial charge in [0.2, 0.25) is 0 Å². The summed E-state index contributed by atoms with van der Waals surface area (Å²) in [7, 11) is 1.87. The monoisotopic (exact) mass is 248 g/mol. The van der Waals surface area contributed by atoms with Gasteiger partial charge in [0, 0.05) is 23.8 Å². The van der Waals surface area contributed by atoms with Gasteiger partial charge in [0.05, 0.1) is 0 Å². The number of allylic oxidation sites excluding steroid dienone is 4. The third kappa shape index (κ3) is 2.89. The van der Waals surface area contributed by atoms with Gasteiger partial charge >= 0.3 is 0 Å². The summed E-state index contributed by atoms with van der Waals surface area (Å²) in [5, 5.41) is 3.96. The molecule has 3 heteroatoms. The molecule has 90 valence electrons. The van der Waals surface area contributed by atoms with Gasteiger partial charge in [-0.15, -0.1) is 0 Å². The molecule has 0 atom stereocenters. The van der Waals surface area contributed by atoms with Crippen molar-refractivity contribution in [1.29, 1.82) is 0 Å². The molecular formula is C14H17ClN2. The van der Waals surface area contributed by atoms with Crippen LogP contribution >= 0.6 is 11.6 Å². The van der Waals surface area contributed by atoms with Gasteiger partial charge in [0.25, 0.3) is 0 Å². The van der Waals surface area contributed by atoms with E-state index < -0.39 is 0 Å². The average molecular weight is 249 g/mol. The van der Waals surface area contributed by atoms with Gasteiger partial charge in [-0.2, -0.15) is 0 Å². The van der Waals surface area contributed by atoms with Gasteiger partial charge < -0.3 is 5.32 Å². The van der Waals surface area contributed by atoms with E-state index in [9.17, 15) is 0 Å². The lowest BCUT2D eigenvalue weighted by Crippen LogP contribution is -1.93. The number of pyridine rings is 1. The molecule has 2 nitrogen and oxygen atoms in total. The van der Waals surface area contributed by atoms with Crippen molar-refractivity contribution in [3.63, 3.8) is 0 Å². The molecule has 2 rings (SSSR count). The molecule has 1 aliphatic rings. The zero-order valence-electron chi connectivity index (χ0n) is 10.3. The fourth-order valence-corrected chi connectivity index (χ4v) is 2.29. The van der Waals surface area contributed by atoms with Crippen molar-refractivity contribution in [1.82, 2.24) is 4.98 Å². The molecule has 0 bridgehead atoms. The Kier molecular flexibility index (Phi) is 3.85. The van der Waals surface area contributed by atoms with Gasteiger partial charge in [-0.25, -0.2) is 4.98 Å². The Hall–Kier alpha value is -1.28. The lowest BCUT2D eigenvalue weighted by atomic mass is 10.1. The van der Waals surface area contributed by atoms with Crippen molar-refractivity contribution in [2.24, 2.45) is 0 Å². The highest BCUT2D eigenvalue weighted by Crippen LogP contribution is 2.31. The van der Waals surface area contributed by atoms with Crippen molar-refractivity contribution in [2.75, 3.05) is 12.4 Å². The van der Waals surface area contributed by atoms with Gasteiger partial charge in [-0.3, -0.25) is 0 Å². The van der Waals surface area contributed by atoms with Crippen LogP contribution < -0.4 is 5.32 Å². The quantitative estimate of drug-likeness (QED) is 0.848. The summed E-state index contributed by atoms with van der Waals surface area (Å²) < 4.78 is 0. The van der Waals surface area contributed by atoms with Gasteiger partial charge in [-0.05, 0) is 43.9 Å². The van der Waals surface area contributed by atoms with Crippen LogP contribution in [-0.4, -0.2) is 12.0 Å². The zero-order valence-corrected chi connectivity index (χ0v) is 11.0. The Balaban J connectivity index is 2.38. The fourth-order valence-electron chi connectivity index (χ4n) is 1.99. The van der Waals surface area contributed by atoms with Crippen LogP contribution in [0.5, 0.6) is 0 Å². The van der Waals surface area contributed by atoms with Crippen LogP contribution in [0.3, 0.4) is 0 Å². The SMILES string of the molecule is CNc1ccc(C2=C(Cl)CCCC(C)=C2)cn1. The van der Waals surface area contributed by atoms with Gasteiger partial charge in [-0.1, -0.05) is 23.3 Å². The lowest BCUT2D eigenvalue weighted by Gasteiger charge is -2.06. The number of nitrogens with zero attached hydrogens (tertiary/aromatic N) is 1. The molecule has 0 saturated heterocycles. The zero-order chi connectivity index (χ0) is 12.3. The highest BCUT2D eigenvalue weighted by atomic mass is 35.5. The predicted molar refractivity (Wildman–Crippen MR) is 74.2 cm³/mol. The summed E-state index contributed by atoms with van der Waals surface area (Å²) >= 11 is 6.35. The van der Waals surface area contributed by atoms with E-state index >= 15 is 0 Å². The molecule has 0 unspecified atom stereocenters. The molecule has 0 fully saturated rings. The maximum Gasteiger partial charge on any atom is 0.125 e. The summed E-state index contributed by atoms with van der Waals surface area (Å²) in [4.78, 5) is 4.33. The standard InChI is InChI=1S/C14H17ClN2/c1-10-4-3-5-13(15)12(8-10)11-6-7-14(16-2)17-9-11/h6-9H,3-5H2,1-2H3,(H,16,17). The summed E-state index contributed by atoms with van der Waals surface area (Å²) in [6, 6.07) is 4.03. The molecular weight excluding hydrogens is 232 g/mol. The summed E-state index contributed by atoms with van der Waals surface area (Å²) in [5.74, 6) is 0.875. The molecule has 17 heavy (non-hydrogen) atoms. The minimum absolute atomic E-state index is 0.875. The van der Waals surface area contributed by atoms with Crippen LogP contribution in [0.4, 0.5) is 5.82 Å².